The lowest BCUT2D eigenvalue weighted by Crippen LogP contribution is -2.49. The lowest BCUT2D eigenvalue weighted by Gasteiger charge is -2.33. The maximum absolute atomic E-state index is 10.1. The molecule has 1 aromatic carbocycles. The van der Waals surface area contributed by atoms with Crippen LogP contribution < -0.4 is 10.6 Å². The molecule has 0 radical (unpaired) electrons. The van der Waals surface area contributed by atoms with Gasteiger partial charge in [0.05, 0.1) is 6.10 Å². The van der Waals surface area contributed by atoms with E-state index >= 15 is 0 Å². The molecule has 2 atom stereocenters. The van der Waals surface area contributed by atoms with Crippen molar-refractivity contribution in [2.45, 2.75) is 90.1 Å². The number of aliphatic hydroxyl groups is 1. The van der Waals surface area contributed by atoms with Crippen molar-refractivity contribution in [1.82, 2.24) is 24.8 Å². The quantitative estimate of drug-likeness (QED) is 0.414. The van der Waals surface area contributed by atoms with Crippen LogP contribution in [0.5, 0.6) is 0 Å². The van der Waals surface area contributed by atoms with Gasteiger partial charge in [-0.3, -0.25) is 4.90 Å². The van der Waals surface area contributed by atoms with E-state index in [1.54, 1.807) is 0 Å². The maximum Gasteiger partial charge on any atom is 0.224 e. The van der Waals surface area contributed by atoms with E-state index in [2.05, 4.69) is 71.3 Å². The van der Waals surface area contributed by atoms with E-state index in [1.807, 2.05) is 6.20 Å². The van der Waals surface area contributed by atoms with Crippen molar-refractivity contribution in [3.8, 4) is 11.1 Å². The summed E-state index contributed by atoms with van der Waals surface area (Å²) in [5.74, 6) is 0.700. The fourth-order valence-corrected chi connectivity index (χ4v) is 5.81. The number of piperazine rings is 1. The van der Waals surface area contributed by atoms with Crippen molar-refractivity contribution in [1.29, 1.82) is 0 Å². The Hall–Kier alpha value is -2.48. The summed E-state index contributed by atoms with van der Waals surface area (Å²) in [6.45, 7) is 10.9. The van der Waals surface area contributed by atoms with E-state index in [9.17, 15) is 5.11 Å². The standard InChI is InChI=1S/C29H42N6O/c1-4-5-20(2)32-29-31-17-26-27(19-35(28(26)33-29)24-10-12-25(36)13-11-24)23-8-6-22(7-9-23)18-34-15-14-30-16-21(34)3/h6-9,17,19-21,24-25,30,36H,4-5,10-16,18H2,1-3H3,(H,31,32,33)/t20?,21-,24-,25-/m1/s1. The van der Waals surface area contributed by atoms with E-state index in [1.165, 1.54) is 16.7 Å². The summed E-state index contributed by atoms with van der Waals surface area (Å²) < 4.78 is 2.35. The second kappa shape index (κ2) is 11.3. The number of aromatic nitrogens is 3. The molecule has 7 nitrogen and oxygen atoms in total. The zero-order chi connectivity index (χ0) is 25.1. The zero-order valence-electron chi connectivity index (χ0n) is 22.1. The molecule has 0 amide bonds. The van der Waals surface area contributed by atoms with Crippen LogP contribution >= 0.6 is 0 Å². The molecule has 0 spiro atoms. The van der Waals surface area contributed by atoms with Gasteiger partial charge in [-0.05, 0) is 57.1 Å². The largest absolute Gasteiger partial charge is 0.393 e. The summed E-state index contributed by atoms with van der Waals surface area (Å²) in [6, 6.07) is 10.3. The normalized spacial score (nSPS) is 24.2. The average Bonchev–Trinajstić information content (AvgIpc) is 3.25. The summed E-state index contributed by atoms with van der Waals surface area (Å²) in [4.78, 5) is 12.3. The molecule has 3 heterocycles. The average molecular weight is 491 g/mol. The Kier molecular flexibility index (Phi) is 7.89. The van der Waals surface area contributed by atoms with Crippen LogP contribution in [0.3, 0.4) is 0 Å². The highest BCUT2D eigenvalue weighted by Crippen LogP contribution is 2.37. The third kappa shape index (κ3) is 5.58. The molecule has 1 aliphatic heterocycles. The summed E-state index contributed by atoms with van der Waals surface area (Å²) in [7, 11) is 0. The molecule has 5 rings (SSSR count). The third-order valence-electron chi connectivity index (χ3n) is 8.02. The Morgan fingerprint density at radius 1 is 1.17 bits per heavy atom. The number of aliphatic hydroxyl groups excluding tert-OH is 1. The van der Waals surface area contributed by atoms with E-state index in [-0.39, 0.29) is 6.10 Å². The highest BCUT2D eigenvalue weighted by Gasteiger charge is 2.24. The van der Waals surface area contributed by atoms with Crippen LogP contribution in [0.25, 0.3) is 22.2 Å². The zero-order valence-corrected chi connectivity index (χ0v) is 22.1. The molecule has 1 saturated heterocycles. The summed E-state index contributed by atoms with van der Waals surface area (Å²) in [5, 5.41) is 18.1. The molecule has 36 heavy (non-hydrogen) atoms. The molecule has 1 saturated carbocycles. The maximum atomic E-state index is 10.1. The van der Waals surface area contributed by atoms with Gasteiger partial charge < -0.3 is 20.3 Å². The fourth-order valence-electron chi connectivity index (χ4n) is 5.81. The number of nitrogens with one attached hydrogen (secondary N) is 2. The summed E-state index contributed by atoms with van der Waals surface area (Å²) in [6.07, 6.45) is 9.96. The number of hydrogen-bond donors (Lipinski definition) is 3. The minimum absolute atomic E-state index is 0.171. The molecule has 2 aromatic heterocycles. The number of rotatable bonds is 8. The molecule has 1 unspecified atom stereocenters. The van der Waals surface area contributed by atoms with Gasteiger partial charge in [-0.15, -0.1) is 0 Å². The summed E-state index contributed by atoms with van der Waals surface area (Å²) in [5.41, 5.74) is 4.73. The van der Waals surface area contributed by atoms with Crippen molar-refractivity contribution in [2.24, 2.45) is 0 Å². The van der Waals surface area contributed by atoms with Crippen LogP contribution in [0.2, 0.25) is 0 Å². The molecule has 3 N–H and O–H groups in total. The van der Waals surface area contributed by atoms with Crippen molar-refractivity contribution < 1.29 is 5.11 Å². The number of anilines is 1. The van der Waals surface area contributed by atoms with Crippen molar-refractivity contribution in [3.63, 3.8) is 0 Å². The first-order chi connectivity index (χ1) is 17.5. The fraction of sp³-hybridized carbons (Fsp3) is 0.586. The molecule has 7 heteroatoms. The SMILES string of the molecule is CCCC(C)Nc1ncc2c(-c3ccc(CN4CCNC[C@H]4C)cc3)cn([C@H]3CC[C@H](O)CC3)c2n1. The van der Waals surface area contributed by atoms with Crippen molar-refractivity contribution in [3.05, 3.63) is 42.2 Å². The first-order valence-electron chi connectivity index (χ1n) is 13.9. The van der Waals surface area contributed by atoms with Crippen molar-refractivity contribution in [2.75, 3.05) is 25.0 Å². The van der Waals surface area contributed by atoms with Crippen LogP contribution in [-0.4, -0.2) is 62.4 Å². The van der Waals surface area contributed by atoms with Gasteiger partial charge in [0, 0.05) is 67.6 Å². The minimum atomic E-state index is -0.171. The summed E-state index contributed by atoms with van der Waals surface area (Å²) >= 11 is 0. The van der Waals surface area contributed by atoms with Crippen LogP contribution in [0.4, 0.5) is 5.95 Å². The molecule has 2 aliphatic rings. The minimum Gasteiger partial charge on any atom is -0.393 e. The molecular weight excluding hydrogens is 448 g/mol. The second-order valence-corrected chi connectivity index (χ2v) is 10.9. The molecule has 2 fully saturated rings. The lowest BCUT2D eigenvalue weighted by molar-refractivity contribution is 0.111. The smallest absolute Gasteiger partial charge is 0.224 e. The van der Waals surface area contributed by atoms with E-state index in [0.29, 0.717) is 24.1 Å². The predicted molar refractivity (Wildman–Crippen MR) is 147 cm³/mol. The van der Waals surface area contributed by atoms with Crippen LogP contribution in [0.1, 0.15) is 70.9 Å². The van der Waals surface area contributed by atoms with Crippen LogP contribution in [0, 0.1) is 0 Å². The Bertz CT molecular complexity index is 1130. The van der Waals surface area contributed by atoms with Crippen LogP contribution in [-0.2, 0) is 6.54 Å². The second-order valence-electron chi connectivity index (χ2n) is 10.9. The van der Waals surface area contributed by atoms with Gasteiger partial charge in [-0.25, -0.2) is 4.98 Å². The van der Waals surface area contributed by atoms with Gasteiger partial charge in [-0.2, -0.15) is 4.98 Å². The Labute approximate surface area is 215 Å². The van der Waals surface area contributed by atoms with Gasteiger partial charge in [0.25, 0.3) is 0 Å². The predicted octanol–water partition coefficient (Wildman–Crippen LogP) is 4.97. The highest BCUT2D eigenvalue weighted by molar-refractivity contribution is 5.94. The van der Waals surface area contributed by atoms with Gasteiger partial charge in [0.1, 0.15) is 5.65 Å². The van der Waals surface area contributed by atoms with E-state index in [0.717, 1.165) is 75.7 Å². The first-order valence-corrected chi connectivity index (χ1v) is 13.9. The van der Waals surface area contributed by atoms with Gasteiger partial charge in [-0.1, -0.05) is 37.6 Å². The van der Waals surface area contributed by atoms with Crippen molar-refractivity contribution >= 4 is 17.0 Å². The van der Waals surface area contributed by atoms with Gasteiger partial charge in [0.15, 0.2) is 0 Å². The Morgan fingerprint density at radius 2 is 1.94 bits per heavy atom. The van der Waals surface area contributed by atoms with Crippen LogP contribution in [0.15, 0.2) is 36.7 Å². The Balaban J connectivity index is 1.44. The first kappa shape index (κ1) is 25.2. The molecule has 1 aliphatic carbocycles. The molecule has 3 aromatic rings. The Morgan fingerprint density at radius 3 is 2.67 bits per heavy atom. The molecule has 194 valence electrons. The third-order valence-corrected chi connectivity index (χ3v) is 8.02. The van der Waals surface area contributed by atoms with Gasteiger partial charge >= 0.3 is 0 Å². The monoisotopic (exact) mass is 490 g/mol. The topological polar surface area (TPSA) is 78.2 Å². The number of benzene rings is 1. The van der Waals surface area contributed by atoms with E-state index in [4.69, 9.17) is 9.97 Å². The van der Waals surface area contributed by atoms with Gasteiger partial charge in [0.2, 0.25) is 5.95 Å². The number of hydrogen-bond acceptors (Lipinski definition) is 6. The van der Waals surface area contributed by atoms with E-state index < -0.39 is 0 Å². The molecule has 0 bridgehead atoms. The molecular formula is C29H42N6O. The highest BCUT2D eigenvalue weighted by atomic mass is 16.3. The number of fused-ring (bicyclic) bond motifs is 1. The lowest BCUT2D eigenvalue weighted by atomic mass is 9.93. The number of nitrogens with zero attached hydrogens (tertiary/aromatic N) is 4.